The fraction of sp³-hybridized carbons (Fsp3) is 0.667. The number of hydrogen-bond acceptors (Lipinski definition) is 3. The van der Waals surface area contributed by atoms with E-state index in [1.54, 1.807) is 0 Å². The number of hydrogen-bond donors (Lipinski definition) is 1. The zero-order chi connectivity index (χ0) is 15.3. The summed E-state index contributed by atoms with van der Waals surface area (Å²) in [6, 6.07) is -2.00. The van der Waals surface area contributed by atoms with Crippen LogP contribution in [-0.4, -0.2) is 47.4 Å². The number of carbonyl (C=O) groups excluding carboxylic acids is 1. The van der Waals surface area contributed by atoms with Gasteiger partial charge in [0, 0.05) is 13.0 Å². The monoisotopic (exact) mass is 295 g/mol. The summed E-state index contributed by atoms with van der Waals surface area (Å²) in [5, 5.41) is 8.65. The molecule has 1 amide bonds. The topological polar surface area (TPSA) is 66.8 Å². The summed E-state index contributed by atoms with van der Waals surface area (Å²) < 4.78 is 43.5. The highest BCUT2D eigenvalue weighted by molar-refractivity contribution is 5.69. The minimum atomic E-state index is -4.61. The van der Waals surface area contributed by atoms with Crippen LogP contribution in [0.15, 0.2) is 12.7 Å². The predicted octanol–water partition coefficient (Wildman–Crippen LogP) is 2.43. The number of amides is 1. The molecule has 0 aliphatic carbocycles. The maximum Gasteiger partial charge on any atom is 0.410 e. The molecule has 0 spiro atoms. The van der Waals surface area contributed by atoms with Crippen molar-refractivity contribution in [3.63, 3.8) is 0 Å². The summed E-state index contributed by atoms with van der Waals surface area (Å²) in [4.78, 5) is 22.8. The minimum absolute atomic E-state index is 0.168. The highest BCUT2D eigenvalue weighted by Crippen LogP contribution is 2.35. The second-order valence-corrected chi connectivity index (χ2v) is 4.60. The number of rotatable bonds is 4. The number of carboxylic acids is 1. The van der Waals surface area contributed by atoms with Crippen LogP contribution in [-0.2, 0) is 9.53 Å². The molecule has 1 aliphatic heterocycles. The molecule has 2 atom stereocenters. The first-order valence-electron chi connectivity index (χ1n) is 6.08. The molecule has 1 saturated heterocycles. The highest BCUT2D eigenvalue weighted by atomic mass is 19.4. The van der Waals surface area contributed by atoms with Gasteiger partial charge in [0.1, 0.15) is 12.6 Å². The number of likely N-dealkylation sites (tertiary alicyclic amines) is 1. The van der Waals surface area contributed by atoms with E-state index in [4.69, 9.17) is 5.11 Å². The van der Waals surface area contributed by atoms with Crippen molar-refractivity contribution in [2.75, 3.05) is 13.2 Å². The Bertz CT molecular complexity index is 383. The Kier molecular flexibility index (Phi) is 5.41. The molecule has 0 unspecified atom stereocenters. The molecule has 0 aromatic heterocycles. The molecule has 0 aromatic rings. The van der Waals surface area contributed by atoms with Gasteiger partial charge in [-0.25, -0.2) is 4.79 Å². The maximum absolute atomic E-state index is 13.0. The molecule has 5 nitrogen and oxygen atoms in total. The van der Waals surface area contributed by atoms with Crippen LogP contribution >= 0.6 is 0 Å². The van der Waals surface area contributed by atoms with E-state index in [1.807, 2.05) is 0 Å². The Morgan fingerprint density at radius 2 is 2.10 bits per heavy atom. The van der Waals surface area contributed by atoms with Gasteiger partial charge in [0.05, 0.1) is 0 Å². The number of carbonyl (C=O) groups is 2. The Morgan fingerprint density at radius 3 is 2.60 bits per heavy atom. The van der Waals surface area contributed by atoms with Crippen molar-refractivity contribution >= 4 is 12.1 Å². The molecule has 0 radical (unpaired) electrons. The smallest absolute Gasteiger partial charge is 0.410 e. The van der Waals surface area contributed by atoms with Gasteiger partial charge in [-0.3, -0.25) is 9.69 Å². The van der Waals surface area contributed by atoms with Crippen LogP contribution in [0.25, 0.3) is 0 Å². The number of aliphatic carboxylic acids is 1. The van der Waals surface area contributed by atoms with Crippen LogP contribution in [0.1, 0.15) is 19.3 Å². The van der Waals surface area contributed by atoms with Crippen molar-refractivity contribution in [2.24, 2.45) is 5.92 Å². The lowest BCUT2D eigenvalue weighted by atomic mass is 9.88. The van der Waals surface area contributed by atoms with Crippen molar-refractivity contribution in [3.05, 3.63) is 12.7 Å². The van der Waals surface area contributed by atoms with Gasteiger partial charge in [-0.05, 0) is 18.8 Å². The van der Waals surface area contributed by atoms with Gasteiger partial charge in [-0.15, -0.1) is 0 Å². The average Bonchev–Trinajstić information content (AvgIpc) is 2.34. The van der Waals surface area contributed by atoms with Crippen LogP contribution < -0.4 is 0 Å². The molecule has 0 saturated carbocycles. The molecular formula is C12H16F3NO4. The van der Waals surface area contributed by atoms with Crippen LogP contribution in [0.4, 0.5) is 18.0 Å². The lowest BCUT2D eigenvalue weighted by molar-refractivity contribution is -0.190. The first-order chi connectivity index (χ1) is 9.25. The van der Waals surface area contributed by atoms with E-state index in [9.17, 15) is 22.8 Å². The maximum atomic E-state index is 13.0. The zero-order valence-corrected chi connectivity index (χ0v) is 10.7. The molecule has 1 N–H and O–H groups in total. The Morgan fingerprint density at radius 1 is 1.45 bits per heavy atom. The molecule has 0 bridgehead atoms. The summed E-state index contributed by atoms with van der Waals surface area (Å²) in [5.74, 6) is -1.74. The van der Waals surface area contributed by atoms with Crippen LogP contribution in [0, 0.1) is 5.92 Å². The third-order valence-corrected chi connectivity index (χ3v) is 3.11. The molecule has 1 aliphatic rings. The minimum Gasteiger partial charge on any atom is -0.481 e. The van der Waals surface area contributed by atoms with Crippen LogP contribution in [0.3, 0.4) is 0 Å². The van der Waals surface area contributed by atoms with Gasteiger partial charge < -0.3 is 9.84 Å². The molecule has 1 fully saturated rings. The summed E-state index contributed by atoms with van der Waals surface area (Å²) in [7, 11) is 0. The lowest BCUT2D eigenvalue weighted by Crippen LogP contribution is -2.53. The van der Waals surface area contributed by atoms with Crippen molar-refractivity contribution in [2.45, 2.75) is 31.5 Å². The number of piperidine rings is 1. The van der Waals surface area contributed by atoms with Crippen molar-refractivity contribution < 1.29 is 32.6 Å². The normalized spacial score (nSPS) is 23.2. The first-order valence-corrected chi connectivity index (χ1v) is 6.08. The second-order valence-electron chi connectivity index (χ2n) is 4.60. The average molecular weight is 295 g/mol. The molecule has 114 valence electrons. The largest absolute Gasteiger partial charge is 0.481 e. The fourth-order valence-corrected chi connectivity index (χ4v) is 2.21. The van der Waals surface area contributed by atoms with E-state index in [0.717, 1.165) is 0 Å². The highest BCUT2D eigenvalue weighted by Gasteiger charge is 2.49. The summed E-state index contributed by atoms with van der Waals surface area (Å²) in [6.45, 7) is 2.97. The molecule has 1 rings (SSSR count). The van der Waals surface area contributed by atoms with Crippen LogP contribution in [0.2, 0.25) is 0 Å². The van der Waals surface area contributed by atoms with E-state index in [-0.39, 0.29) is 26.0 Å². The summed E-state index contributed by atoms with van der Waals surface area (Å²) in [6.07, 6.45) is -4.94. The van der Waals surface area contributed by atoms with E-state index in [1.165, 1.54) is 6.08 Å². The van der Waals surface area contributed by atoms with E-state index >= 15 is 0 Å². The number of alkyl halides is 3. The van der Waals surface area contributed by atoms with Crippen LogP contribution in [0.5, 0.6) is 0 Å². The summed E-state index contributed by atoms with van der Waals surface area (Å²) in [5.41, 5.74) is 0. The molecule has 1 heterocycles. The standard InChI is InChI=1S/C12H16F3NO4/c1-2-5-20-11(19)16-4-3-8(7-10(17)18)6-9(16)12(13,14)15/h2,8-9H,1,3-7H2,(H,17,18)/t8-,9+/m1/s1. The number of nitrogens with zero attached hydrogens (tertiary/aromatic N) is 1. The first kappa shape index (κ1) is 16.3. The van der Waals surface area contributed by atoms with Crippen molar-refractivity contribution in [1.29, 1.82) is 0 Å². The third kappa shape index (κ3) is 4.43. The van der Waals surface area contributed by atoms with Gasteiger partial charge in [-0.2, -0.15) is 13.2 Å². The Hall–Kier alpha value is -1.73. The van der Waals surface area contributed by atoms with Crippen molar-refractivity contribution in [1.82, 2.24) is 4.90 Å². The lowest BCUT2D eigenvalue weighted by Gasteiger charge is -2.39. The SMILES string of the molecule is C=CCOC(=O)N1CC[C@@H](CC(=O)O)C[C@H]1C(F)(F)F. The molecule has 20 heavy (non-hydrogen) atoms. The Labute approximate surface area is 114 Å². The third-order valence-electron chi connectivity index (χ3n) is 3.11. The van der Waals surface area contributed by atoms with Gasteiger partial charge in [0.2, 0.25) is 0 Å². The van der Waals surface area contributed by atoms with Crippen molar-refractivity contribution in [3.8, 4) is 0 Å². The van der Waals surface area contributed by atoms with Gasteiger partial charge >= 0.3 is 18.2 Å². The molecular weight excluding hydrogens is 279 g/mol. The second kappa shape index (κ2) is 6.62. The number of halogens is 3. The number of ether oxygens (including phenoxy) is 1. The van der Waals surface area contributed by atoms with Gasteiger partial charge in [0.25, 0.3) is 0 Å². The van der Waals surface area contributed by atoms with Gasteiger partial charge in [-0.1, -0.05) is 12.7 Å². The quantitative estimate of drug-likeness (QED) is 0.809. The van der Waals surface area contributed by atoms with E-state index in [0.29, 0.717) is 4.90 Å². The van der Waals surface area contributed by atoms with E-state index < -0.39 is 36.6 Å². The molecule has 8 heteroatoms. The predicted molar refractivity (Wildman–Crippen MR) is 63.1 cm³/mol. The zero-order valence-electron chi connectivity index (χ0n) is 10.7. The van der Waals surface area contributed by atoms with E-state index in [2.05, 4.69) is 11.3 Å². The van der Waals surface area contributed by atoms with Gasteiger partial charge in [0.15, 0.2) is 0 Å². The Balaban J connectivity index is 2.77. The molecule has 0 aromatic carbocycles. The summed E-state index contributed by atoms with van der Waals surface area (Å²) >= 11 is 0. The number of carboxylic acid groups (broad SMARTS) is 1. The fourth-order valence-electron chi connectivity index (χ4n) is 2.21.